The smallest absolute Gasteiger partial charge is 0.258 e. The van der Waals surface area contributed by atoms with Crippen molar-refractivity contribution in [2.24, 2.45) is 0 Å². The van der Waals surface area contributed by atoms with Gasteiger partial charge in [-0.25, -0.2) is 4.39 Å². The van der Waals surface area contributed by atoms with Crippen molar-refractivity contribution in [2.75, 3.05) is 11.1 Å². The lowest BCUT2D eigenvalue weighted by Crippen LogP contribution is -2.15. The molecule has 0 spiro atoms. The van der Waals surface area contributed by atoms with Crippen LogP contribution >= 0.6 is 0 Å². The lowest BCUT2D eigenvalue weighted by Gasteiger charge is -2.09. The monoisotopic (exact) mass is 269 g/mol. The summed E-state index contributed by atoms with van der Waals surface area (Å²) in [6.07, 6.45) is 0. The number of aryl methyl sites for hydroxylation is 1. The van der Waals surface area contributed by atoms with E-state index in [0.717, 1.165) is 5.56 Å². The third-order valence-electron chi connectivity index (χ3n) is 2.80. The number of benzene rings is 2. The average molecular weight is 269 g/mol. The van der Waals surface area contributed by atoms with Gasteiger partial charge in [-0.3, -0.25) is 4.79 Å². The van der Waals surface area contributed by atoms with Crippen molar-refractivity contribution in [2.45, 2.75) is 6.92 Å². The first kappa shape index (κ1) is 13.6. The van der Waals surface area contributed by atoms with Gasteiger partial charge < -0.3 is 11.1 Å². The second kappa shape index (κ2) is 5.41. The summed E-state index contributed by atoms with van der Waals surface area (Å²) in [5, 5.41) is 11.3. The molecule has 5 heteroatoms. The molecular weight excluding hydrogens is 257 g/mol. The third-order valence-corrected chi connectivity index (χ3v) is 2.80. The van der Waals surface area contributed by atoms with E-state index in [1.165, 1.54) is 30.3 Å². The summed E-state index contributed by atoms with van der Waals surface area (Å²) in [6.45, 7) is 1.77. The Hall–Kier alpha value is -2.87. The molecule has 0 radical (unpaired) electrons. The molecule has 2 rings (SSSR count). The Morgan fingerprint density at radius 3 is 2.70 bits per heavy atom. The van der Waals surface area contributed by atoms with E-state index in [4.69, 9.17) is 11.0 Å². The number of amides is 1. The minimum absolute atomic E-state index is 0.0474. The second-order valence-corrected chi connectivity index (χ2v) is 4.35. The van der Waals surface area contributed by atoms with Gasteiger partial charge in [-0.2, -0.15) is 5.26 Å². The van der Waals surface area contributed by atoms with E-state index >= 15 is 0 Å². The first-order valence-corrected chi connectivity index (χ1v) is 5.88. The summed E-state index contributed by atoms with van der Waals surface area (Å²) in [4.78, 5) is 12.0. The van der Waals surface area contributed by atoms with E-state index in [9.17, 15) is 9.18 Å². The van der Waals surface area contributed by atoms with Gasteiger partial charge in [0.1, 0.15) is 5.82 Å². The molecule has 0 atom stereocenters. The van der Waals surface area contributed by atoms with Crippen molar-refractivity contribution in [3.05, 3.63) is 58.9 Å². The lowest BCUT2D eigenvalue weighted by atomic mass is 10.1. The molecule has 2 aromatic carbocycles. The van der Waals surface area contributed by atoms with E-state index in [-0.39, 0.29) is 11.3 Å². The predicted octanol–water partition coefficient (Wildman–Crippen LogP) is 2.84. The predicted molar refractivity (Wildman–Crippen MR) is 74.7 cm³/mol. The van der Waals surface area contributed by atoms with Gasteiger partial charge in [-0.15, -0.1) is 0 Å². The van der Waals surface area contributed by atoms with Gasteiger partial charge in [0.15, 0.2) is 0 Å². The van der Waals surface area contributed by atoms with E-state index < -0.39 is 11.7 Å². The molecule has 1 amide bonds. The lowest BCUT2D eigenvalue weighted by molar-refractivity contribution is 0.102. The van der Waals surface area contributed by atoms with Crippen molar-refractivity contribution in [3.8, 4) is 6.07 Å². The van der Waals surface area contributed by atoms with Crippen LogP contribution in [0.4, 0.5) is 15.8 Å². The average Bonchev–Trinajstić information content (AvgIpc) is 2.43. The Balaban J connectivity index is 2.28. The maximum Gasteiger partial charge on any atom is 0.258 e. The Morgan fingerprint density at radius 2 is 2.05 bits per heavy atom. The molecule has 0 aliphatic rings. The highest BCUT2D eigenvalue weighted by molar-refractivity contribution is 6.06. The van der Waals surface area contributed by atoms with Gasteiger partial charge in [-0.05, 0) is 37.3 Å². The van der Waals surface area contributed by atoms with Crippen molar-refractivity contribution in [3.63, 3.8) is 0 Å². The molecule has 0 aliphatic carbocycles. The summed E-state index contributed by atoms with van der Waals surface area (Å²) >= 11 is 0. The Morgan fingerprint density at radius 1 is 1.30 bits per heavy atom. The summed E-state index contributed by atoms with van der Waals surface area (Å²) in [5.74, 6) is -1.18. The molecule has 0 aliphatic heterocycles. The zero-order valence-electron chi connectivity index (χ0n) is 10.8. The zero-order chi connectivity index (χ0) is 14.7. The molecule has 0 aromatic heterocycles. The van der Waals surface area contributed by atoms with Gasteiger partial charge in [0, 0.05) is 0 Å². The van der Waals surface area contributed by atoms with E-state index in [1.54, 1.807) is 13.0 Å². The minimum atomic E-state index is -0.597. The number of nitrogen functional groups attached to an aromatic ring is 1. The topological polar surface area (TPSA) is 78.9 Å². The van der Waals surface area contributed by atoms with E-state index in [2.05, 4.69) is 5.32 Å². The highest BCUT2D eigenvalue weighted by Crippen LogP contribution is 2.21. The molecular formula is C15H12FN3O. The number of hydrogen-bond acceptors (Lipinski definition) is 3. The number of nitriles is 1. The number of rotatable bonds is 2. The normalized spacial score (nSPS) is 9.85. The summed E-state index contributed by atoms with van der Waals surface area (Å²) in [7, 11) is 0. The van der Waals surface area contributed by atoms with Crippen LogP contribution in [0, 0.1) is 24.1 Å². The second-order valence-electron chi connectivity index (χ2n) is 4.35. The zero-order valence-corrected chi connectivity index (χ0v) is 10.8. The summed E-state index contributed by atoms with van der Waals surface area (Å²) in [6, 6.07) is 10.7. The molecule has 0 saturated heterocycles. The molecule has 3 N–H and O–H groups in total. The highest BCUT2D eigenvalue weighted by Gasteiger charge is 2.13. The Bertz CT molecular complexity index is 720. The van der Waals surface area contributed by atoms with Crippen LogP contribution in [0.25, 0.3) is 0 Å². The van der Waals surface area contributed by atoms with Crippen LogP contribution in [0.1, 0.15) is 21.5 Å². The number of nitrogens with two attached hydrogens (primary N) is 1. The molecule has 0 heterocycles. The van der Waals surface area contributed by atoms with Crippen molar-refractivity contribution >= 4 is 17.3 Å². The Kier molecular flexibility index (Phi) is 3.67. The number of halogens is 1. The molecule has 100 valence electrons. The summed E-state index contributed by atoms with van der Waals surface area (Å²) in [5.41, 5.74) is 7.45. The molecule has 4 nitrogen and oxygen atoms in total. The van der Waals surface area contributed by atoms with Crippen LogP contribution in [0.15, 0.2) is 36.4 Å². The van der Waals surface area contributed by atoms with Crippen LogP contribution in [0.3, 0.4) is 0 Å². The van der Waals surface area contributed by atoms with E-state index in [1.807, 2.05) is 6.07 Å². The number of carbonyl (C=O) groups excluding carboxylic acids is 1. The fourth-order valence-corrected chi connectivity index (χ4v) is 1.75. The third kappa shape index (κ3) is 2.75. The molecule has 0 saturated carbocycles. The van der Waals surface area contributed by atoms with Gasteiger partial charge in [0.2, 0.25) is 0 Å². The van der Waals surface area contributed by atoms with Gasteiger partial charge in [-0.1, -0.05) is 11.6 Å². The number of carbonyl (C=O) groups is 1. The van der Waals surface area contributed by atoms with Gasteiger partial charge in [0.25, 0.3) is 5.91 Å². The van der Waals surface area contributed by atoms with Crippen LogP contribution in [-0.2, 0) is 0 Å². The minimum Gasteiger partial charge on any atom is -0.397 e. The number of hydrogen-bond donors (Lipinski definition) is 2. The van der Waals surface area contributed by atoms with Crippen molar-refractivity contribution in [1.82, 2.24) is 0 Å². The van der Waals surface area contributed by atoms with Crippen LogP contribution in [0.5, 0.6) is 0 Å². The van der Waals surface area contributed by atoms with Crippen molar-refractivity contribution in [1.29, 1.82) is 5.26 Å². The Labute approximate surface area is 115 Å². The maximum atomic E-state index is 13.6. The fourth-order valence-electron chi connectivity index (χ4n) is 1.75. The molecule has 0 unspecified atom stereocenters. The van der Waals surface area contributed by atoms with Crippen molar-refractivity contribution < 1.29 is 9.18 Å². The highest BCUT2D eigenvalue weighted by atomic mass is 19.1. The largest absolute Gasteiger partial charge is 0.397 e. The molecule has 2 aromatic rings. The number of nitrogens with zero attached hydrogens (tertiary/aromatic N) is 1. The number of nitrogens with one attached hydrogen (secondary N) is 1. The first-order valence-electron chi connectivity index (χ1n) is 5.88. The standard InChI is InChI=1S/C15H12FN3O/c1-9-2-4-12(16)11(6-9)15(20)19-14-5-3-10(8-17)7-13(14)18/h2-7H,18H2,1H3,(H,19,20). The first-order chi connectivity index (χ1) is 9.51. The molecule has 0 fully saturated rings. The molecule has 20 heavy (non-hydrogen) atoms. The number of anilines is 2. The summed E-state index contributed by atoms with van der Waals surface area (Å²) < 4.78 is 13.6. The van der Waals surface area contributed by atoms with Crippen LogP contribution in [0.2, 0.25) is 0 Å². The van der Waals surface area contributed by atoms with Crippen LogP contribution in [-0.4, -0.2) is 5.91 Å². The fraction of sp³-hybridized carbons (Fsp3) is 0.0667. The quantitative estimate of drug-likeness (QED) is 0.823. The van der Waals surface area contributed by atoms with Gasteiger partial charge >= 0.3 is 0 Å². The van der Waals surface area contributed by atoms with E-state index in [0.29, 0.717) is 11.3 Å². The van der Waals surface area contributed by atoms with Gasteiger partial charge in [0.05, 0.1) is 28.6 Å². The van der Waals surface area contributed by atoms with Crippen LogP contribution < -0.4 is 11.1 Å². The molecule has 0 bridgehead atoms. The SMILES string of the molecule is Cc1ccc(F)c(C(=O)Nc2ccc(C#N)cc2N)c1. The maximum absolute atomic E-state index is 13.6.